The van der Waals surface area contributed by atoms with Gasteiger partial charge in [-0.2, -0.15) is 0 Å². The lowest BCUT2D eigenvalue weighted by molar-refractivity contribution is -0.126. The molecule has 1 N–H and O–H groups in total. The average molecular weight is 398 g/mol. The molecule has 0 radical (unpaired) electrons. The number of piperidine rings is 1. The molecule has 4 heterocycles. The Morgan fingerprint density at radius 2 is 2.03 bits per heavy atom. The maximum absolute atomic E-state index is 12.6. The van der Waals surface area contributed by atoms with Crippen molar-refractivity contribution >= 4 is 17.6 Å². The zero-order chi connectivity index (χ0) is 20.1. The van der Waals surface area contributed by atoms with Crippen molar-refractivity contribution in [2.45, 2.75) is 19.4 Å². The Bertz CT molecular complexity index is 816. The van der Waals surface area contributed by atoms with Gasteiger partial charge in [-0.3, -0.25) is 9.59 Å². The maximum atomic E-state index is 12.6. The number of anilines is 1. The summed E-state index contributed by atoms with van der Waals surface area (Å²) in [7, 11) is 0. The third kappa shape index (κ3) is 4.76. The van der Waals surface area contributed by atoms with Crippen LogP contribution in [0, 0.1) is 5.92 Å². The highest BCUT2D eigenvalue weighted by Crippen LogP contribution is 2.19. The summed E-state index contributed by atoms with van der Waals surface area (Å²) in [6.07, 6.45) is 6.34. The van der Waals surface area contributed by atoms with Gasteiger partial charge >= 0.3 is 0 Å². The fourth-order valence-electron chi connectivity index (χ4n) is 3.78. The highest BCUT2D eigenvalue weighted by Gasteiger charge is 2.29. The van der Waals surface area contributed by atoms with Crippen molar-refractivity contribution in [3.8, 4) is 0 Å². The number of likely N-dealkylation sites (tertiary alicyclic amines) is 1. The summed E-state index contributed by atoms with van der Waals surface area (Å²) in [6.45, 7) is 4.67. The molecule has 154 valence electrons. The van der Waals surface area contributed by atoms with Gasteiger partial charge in [-0.15, -0.1) is 0 Å². The topological polar surface area (TPSA) is 87.9 Å². The van der Waals surface area contributed by atoms with Gasteiger partial charge in [0.15, 0.2) is 0 Å². The fourth-order valence-corrected chi connectivity index (χ4v) is 3.78. The first-order valence-electron chi connectivity index (χ1n) is 10.1. The van der Waals surface area contributed by atoms with Crippen LogP contribution in [0.25, 0.3) is 0 Å². The van der Waals surface area contributed by atoms with Gasteiger partial charge in [0, 0.05) is 38.9 Å². The Morgan fingerprint density at radius 1 is 1.17 bits per heavy atom. The SMILES string of the molecule is O=C(NCc1ccc(N2CCOCC2)nc1)C1CCCN(C(=O)c2ccoc2)C1. The average Bonchev–Trinajstić information content (AvgIpc) is 3.33. The van der Waals surface area contributed by atoms with Crippen LogP contribution in [-0.4, -0.2) is 61.1 Å². The van der Waals surface area contributed by atoms with Crippen LogP contribution in [0.3, 0.4) is 0 Å². The summed E-state index contributed by atoms with van der Waals surface area (Å²) in [5.41, 5.74) is 1.48. The lowest BCUT2D eigenvalue weighted by Gasteiger charge is -2.31. The lowest BCUT2D eigenvalue weighted by Crippen LogP contribution is -2.45. The molecule has 0 aromatic carbocycles. The van der Waals surface area contributed by atoms with Crippen molar-refractivity contribution in [1.82, 2.24) is 15.2 Å². The number of morpholine rings is 1. The van der Waals surface area contributed by atoms with Gasteiger partial charge in [-0.25, -0.2) is 4.98 Å². The molecule has 2 aromatic rings. The summed E-state index contributed by atoms with van der Waals surface area (Å²) in [5.74, 6) is 0.635. The standard InChI is InChI=1S/C21H26N4O4/c26-20(17-2-1-6-25(14-17)21(27)18-5-9-29-15-18)23-13-16-3-4-19(22-12-16)24-7-10-28-11-8-24/h3-5,9,12,15,17H,1-2,6-8,10-11,13-14H2,(H,23,26). The van der Waals surface area contributed by atoms with E-state index in [1.807, 2.05) is 12.1 Å². The molecule has 8 heteroatoms. The van der Waals surface area contributed by atoms with E-state index in [2.05, 4.69) is 15.2 Å². The first-order valence-corrected chi connectivity index (χ1v) is 10.1. The number of nitrogens with one attached hydrogen (secondary N) is 1. The Hall–Kier alpha value is -2.87. The first-order chi connectivity index (χ1) is 14.2. The van der Waals surface area contributed by atoms with Crippen LogP contribution >= 0.6 is 0 Å². The van der Waals surface area contributed by atoms with Crippen LogP contribution < -0.4 is 10.2 Å². The number of aromatic nitrogens is 1. The molecule has 2 aromatic heterocycles. The molecule has 0 bridgehead atoms. The number of pyridine rings is 1. The Morgan fingerprint density at radius 3 is 2.76 bits per heavy atom. The Kier molecular flexibility index (Phi) is 6.09. The second-order valence-corrected chi connectivity index (χ2v) is 7.44. The van der Waals surface area contributed by atoms with Gasteiger partial charge in [0.25, 0.3) is 5.91 Å². The largest absolute Gasteiger partial charge is 0.472 e. The van der Waals surface area contributed by atoms with Crippen LogP contribution in [0.1, 0.15) is 28.8 Å². The summed E-state index contributed by atoms with van der Waals surface area (Å²) >= 11 is 0. The number of nitrogens with zero attached hydrogens (tertiary/aromatic N) is 3. The van der Waals surface area contributed by atoms with Crippen LogP contribution in [-0.2, 0) is 16.1 Å². The van der Waals surface area contributed by atoms with Crippen molar-refractivity contribution in [2.75, 3.05) is 44.3 Å². The van der Waals surface area contributed by atoms with Gasteiger partial charge in [-0.1, -0.05) is 6.07 Å². The number of rotatable bonds is 5. The third-order valence-corrected chi connectivity index (χ3v) is 5.46. The molecule has 0 spiro atoms. The number of hydrogen-bond acceptors (Lipinski definition) is 6. The molecule has 0 saturated carbocycles. The Balaban J connectivity index is 1.28. The van der Waals surface area contributed by atoms with Gasteiger partial charge in [0.05, 0.1) is 31.0 Å². The predicted molar refractivity (Wildman–Crippen MR) is 106 cm³/mol. The van der Waals surface area contributed by atoms with Gasteiger partial charge in [0.2, 0.25) is 5.91 Å². The van der Waals surface area contributed by atoms with Gasteiger partial charge < -0.3 is 24.3 Å². The highest BCUT2D eigenvalue weighted by molar-refractivity contribution is 5.94. The number of carbonyl (C=O) groups is 2. The van der Waals surface area contributed by atoms with E-state index < -0.39 is 0 Å². The number of hydrogen-bond donors (Lipinski definition) is 1. The van der Waals surface area contributed by atoms with Crippen LogP contribution in [0.2, 0.25) is 0 Å². The van der Waals surface area contributed by atoms with Gasteiger partial charge in [0.1, 0.15) is 12.1 Å². The van der Waals surface area contributed by atoms with Crippen LogP contribution in [0.4, 0.5) is 5.82 Å². The molecule has 1 unspecified atom stereocenters. The lowest BCUT2D eigenvalue weighted by atomic mass is 9.96. The van der Waals surface area contributed by atoms with Crippen molar-refractivity contribution < 1.29 is 18.7 Å². The summed E-state index contributed by atoms with van der Waals surface area (Å²) in [4.78, 5) is 33.6. The number of furan rings is 1. The quantitative estimate of drug-likeness (QED) is 0.825. The normalized spacial score (nSPS) is 19.8. The maximum Gasteiger partial charge on any atom is 0.257 e. The molecule has 2 fully saturated rings. The second-order valence-electron chi connectivity index (χ2n) is 7.44. The minimum Gasteiger partial charge on any atom is -0.472 e. The van der Waals surface area contributed by atoms with E-state index in [4.69, 9.17) is 9.15 Å². The monoisotopic (exact) mass is 398 g/mol. The minimum atomic E-state index is -0.194. The van der Waals surface area contributed by atoms with Crippen LogP contribution in [0.5, 0.6) is 0 Å². The first kappa shape index (κ1) is 19.4. The molecule has 2 aliphatic rings. The molecular weight excluding hydrogens is 372 g/mol. The number of ether oxygens (including phenoxy) is 1. The molecule has 2 amide bonds. The predicted octanol–water partition coefficient (Wildman–Crippen LogP) is 1.68. The number of carbonyl (C=O) groups excluding carboxylic acids is 2. The third-order valence-electron chi connectivity index (χ3n) is 5.46. The smallest absolute Gasteiger partial charge is 0.257 e. The van der Waals surface area contributed by atoms with E-state index in [0.29, 0.717) is 25.2 Å². The van der Waals surface area contributed by atoms with Crippen LogP contribution in [0.15, 0.2) is 41.3 Å². The highest BCUT2D eigenvalue weighted by atomic mass is 16.5. The molecule has 4 rings (SSSR count). The minimum absolute atomic E-state index is 0.0213. The summed E-state index contributed by atoms with van der Waals surface area (Å²) in [5, 5.41) is 2.99. The molecule has 8 nitrogen and oxygen atoms in total. The van der Waals surface area contributed by atoms with Crippen molar-refractivity contribution in [3.05, 3.63) is 48.0 Å². The molecule has 29 heavy (non-hydrogen) atoms. The fraction of sp³-hybridized carbons (Fsp3) is 0.476. The summed E-state index contributed by atoms with van der Waals surface area (Å²) in [6, 6.07) is 5.63. The zero-order valence-electron chi connectivity index (χ0n) is 16.4. The van der Waals surface area contributed by atoms with E-state index in [1.54, 1.807) is 17.2 Å². The van der Waals surface area contributed by atoms with E-state index in [0.717, 1.165) is 50.5 Å². The van der Waals surface area contributed by atoms with Crippen molar-refractivity contribution in [1.29, 1.82) is 0 Å². The summed E-state index contributed by atoms with van der Waals surface area (Å²) < 4.78 is 10.4. The molecule has 1 atom stereocenters. The molecular formula is C21H26N4O4. The molecule has 2 aliphatic heterocycles. The van der Waals surface area contributed by atoms with E-state index >= 15 is 0 Å². The second kappa shape index (κ2) is 9.09. The Labute approximate surface area is 169 Å². The van der Waals surface area contributed by atoms with E-state index in [-0.39, 0.29) is 17.7 Å². The van der Waals surface area contributed by atoms with E-state index in [9.17, 15) is 9.59 Å². The molecule has 2 saturated heterocycles. The van der Waals surface area contributed by atoms with Gasteiger partial charge in [-0.05, 0) is 30.5 Å². The van der Waals surface area contributed by atoms with Crippen molar-refractivity contribution in [3.63, 3.8) is 0 Å². The number of amides is 2. The zero-order valence-corrected chi connectivity index (χ0v) is 16.4. The van der Waals surface area contributed by atoms with E-state index in [1.165, 1.54) is 12.5 Å². The molecule has 0 aliphatic carbocycles. The van der Waals surface area contributed by atoms with Crippen molar-refractivity contribution in [2.24, 2.45) is 5.92 Å².